The summed E-state index contributed by atoms with van der Waals surface area (Å²) in [5, 5.41) is 0. The van der Waals surface area contributed by atoms with Gasteiger partial charge >= 0.3 is 11.9 Å². The molecule has 0 saturated carbocycles. The molecule has 0 unspecified atom stereocenters. The van der Waals surface area contributed by atoms with Crippen LogP contribution < -0.4 is 0 Å². The largest absolute Gasteiger partial charge is 0.461 e. The van der Waals surface area contributed by atoms with E-state index in [4.69, 9.17) is 9.47 Å². The highest BCUT2D eigenvalue weighted by Gasteiger charge is 2.28. The third-order valence-electron chi connectivity index (χ3n) is 3.06. The molecular weight excluding hydrogens is 268 g/mol. The maximum Gasteiger partial charge on any atom is 0.310 e. The summed E-state index contributed by atoms with van der Waals surface area (Å²) in [4.78, 5) is 23.6. The van der Waals surface area contributed by atoms with Gasteiger partial charge in [0.25, 0.3) is 0 Å². The molecule has 0 N–H and O–H groups in total. The number of carbonyl (C=O) groups is 2. The Bertz CT molecular complexity index is 491. The zero-order valence-electron chi connectivity index (χ0n) is 12.8. The maximum atomic E-state index is 12.1. The van der Waals surface area contributed by atoms with Crippen molar-refractivity contribution in [3.8, 4) is 0 Å². The van der Waals surface area contributed by atoms with E-state index in [0.717, 1.165) is 5.56 Å². The molecule has 1 aromatic rings. The van der Waals surface area contributed by atoms with Crippen LogP contribution in [0, 0.1) is 5.92 Å². The molecule has 0 heterocycles. The van der Waals surface area contributed by atoms with Gasteiger partial charge in [-0.2, -0.15) is 0 Å². The van der Waals surface area contributed by atoms with E-state index in [1.54, 1.807) is 6.92 Å². The van der Waals surface area contributed by atoms with Crippen LogP contribution in [0.25, 0.3) is 0 Å². The van der Waals surface area contributed by atoms with Crippen molar-refractivity contribution >= 4 is 11.9 Å². The lowest BCUT2D eigenvalue weighted by molar-refractivity contribution is -0.165. The minimum Gasteiger partial charge on any atom is -0.461 e. The summed E-state index contributed by atoms with van der Waals surface area (Å²) in [5.41, 5.74) is 0.164. The third-order valence-corrected chi connectivity index (χ3v) is 3.06. The van der Waals surface area contributed by atoms with Gasteiger partial charge in [-0.1, -0.05) is 49.9 Å². The highest BCUT2D eigenvalue weighted by Crippen LogP contribution is 2.26. The van der Waals surface area contributed by atoms with Crippen molar-refractivity contribution in [1.82, 2.24) is 0 Å². The van der Waals surface area contributed by atoms with Crippen LogP contribution in [0.3, 0.4) is 0 Å². The first-order valence-corrected chi connectivity index (χ1v) is 6.91. The van der Waals surface area contributed by atoms with E-state index in [0.29, 0.717) is 0 Å². The monoisotopic (exact) mass is 290 g/mol. The first-order valence-electron chi connectivity index (χ1n) is 6.91. The van der Waals surface area contributed by atoms with Gasteiger partial charge in [-0.3, -0.25) is 9.59 Å². The third kappa shape index (κ3) is 5.42. The average Bonchev–Trinajstić information content (AvgIpc) is 2.45. The fourth-order valence-electron chi connectivity index (χ4n) is 1.79. The lowest BCUT2D eigenvalue weighted by Crippen LogP contribution is -2.29. The Balaban J connectivity index is 2.59. The molecule has 21 heavy (non-hydrogen) atoms. The highest BCUT2D eigenvalue weighted by atomic mass is 16.6. The molecule has 1 rings (SSSR count). The van der Waals surface area contributed by atoms with E-state index < -0.39 is 23.5 Å². The van der Waals surface area contributed by atoms with E-state index >= 15 is 0 Å². The molecule has 114 valence electrons. The van der Waals surface area contributed by atoms with Crippen LogP contribution in [0.1, 0.15) is 32.8 Å². The predicted molar refractivity (Wildman–Crippen MR) is 80.5 cm³/mol. The molecule has 0 aliphatic rings. The van der Waals surface area contributed by atoms with Gasteiger partial charge in [-0.05, 0) is 19.4 Å². The van der Waals surface area contributed by atoms with E-state index in [1.807, 2.05) is 44.2 Å². The molecule has 0 fully saturated rings. The first kappa shape index (κ1) is 17.0. The number of ether oxygens (including phenoxy) is 2. The second-order valence-electron chi connectivity index (χ2n) is 5.37. The second-order valence-corrected chi connectivity index (χ2v) is 5.37. The van der Waals surface area contributed by atoms with Crippen LogP contribution in [0.2, 0.25) is 0 Å². The zero-order valence-corrected chi connectivity index (χ0v) is 12.8. The summed E-state index contributed by atoms with van der Waals surface area (Å²) in [7, 11) is 0. The van der Waals surface area contributed by atoms with Crippen molar-refractivity contribution in [2.45, 2.75) is 32.8 Å². The minimum absolute atomic E-state index is 0.00244. The summed E-state index contributed by atoms with van der Waals surface area (Å²) in [6.07, 6.45) is 1.48. The van der Waals surface area contributed by atoms with E-state index in [2.05, 4.69) is 6.58 Å². The van der Waals surface area contributed by atoms with E-state index in [1.165, 1.54) is 6.08 Å². The van der Waals surface area contributed by atoms with Gasteiger partial charge in [-0.15, -0.1) is 0 Å². The molecule has 0 spiro atoms. The van der Waals surface area contributed by atoms with E-state index in [9.17, 15) is 9.59 Å². The van der Waals surface area contributed by atoms with Crippen LogP contribution in [0.15, 0.2) is 43.0 Å². The topological polar surface area (TPSA) is 52.6 Å². The van der Waals surface area contributed by atoms with Crippen molar-refractivity contribution in [3.05, 3.63) is 48.6 Å². The summed E-state index contributed by atoms with van der Waals surface area (Å²) in [5.74, 6) is -1.40. The number of benzene rings is 1. The smallest absolute Gasteiger partial charge is 0.310 e. The highest BCUT2D eigenvalue weighted by molar-refractivity contribution is 5.80. The maximum absolute atomic E-state index is 12.1. The van der Waals surface area contributed by atoms with Crippen molar-refractivity contribution in [2.75, 3.05) is 6.61 Å². The molecule has 0 radical (unpaired) electrons. The van der Waals surface area contributed by atoms with Gasteiger partial charge in [0, 0.05) is 0 Å². The summed E-state index contributed by atoms with van der Waals surface area (Å²) in [6, 6.07) is 9.48. The van der Waals surface area contributed by atoms with Gasteiger partial charge in [0.2, 0.25) is 0 Å². The van der Waals surface area contributed by atoms with Crippen LogP contribution in [0.5, 0.6) is 0 Å². The fourth-order valence-corrected chi connectivity index (χ4v) is 1.79. The zero-order chi connectivity index (χ0) is 15.9. The normalized spacial score (nSPS) is 12.3. The Morgan fingerprint density at radius 3 is 2.48 bits per heavy atom. The molecular formula is C17H22O4. The van der Waals surface area contributed by atoms with Crippen molar-refractivity contribution in [2.24, 2.45) is 5.92 Å². The van der Waals surface area contributed by atoms with Crippen molar-refractivity contribution < 1.29 is 19.1 Å². The molecule has 0 aromatic heterocycles. The van der Waals surface area contributed by atoms with Crippen molar-refractivity contribution in [3.63, 3.8) is 0 Å². The Kier molecular flexibility index (Phi) is 6.15. The SMILES string of the molecule is C=CCOC(=O)C[C@H](C)C(=O)OC(C)(C)c1ccccc1. The number of rotatable bonds is 7. The quantitative estimate of drug-likeness (QED) is 0.571. The molecule has 0 aliphatic heterocycles. The number of esters is 2. The second kappa shape index (κ2) is 7.62. The molecule has 1 atom stereocenters. The van der Waals surface area contributed by atoms with Crippen molar-refractivity contribution in [1.29, 1.82) is 0 Å². The lowest BCUT2D eigenvalue weighted by Gasteiger charge is -2.27. The standard InChI is InChI=1S/C17H22O4/c1-5-11-20-15(18)12-13(2)16(19)21-17(3,4)14-9-7-6-8-10-14/h5-10,13H,1,11-12H2,2-4H3/t13-/m0/s1. The van der Waals surface area contributed by atoms with Crippen LogP contribution in [-0.4, -0.2) is 18.5 Å². The molecule has 0 bridgehead atoms. The Labute approximate surface area is 125 Å². The summed E-state index contributed by atoms with van der Waals surface area (Å²) in [6.45, 7) is 8.91. The number of carbonyl (C=O) groups excluding carboxylic acids is 2. The average molecular weight is 290 g/mol. The van der Waals surface area contributed by atoms with Gasteiger partial charge in [0.05, 0.1) is 12.3 Å². The van der Waals surface area contributed by atoms with Crippen LogP contribution in [0.4, 0.5) is 0 Å². The minimum atomic E-state index is -0.738. The number of hydrogen-bond donors (Lipinski definition) is 0. The summed E-state index contributed by atoms with van der Waals surface area (Å²) < 4.78 is 10.4. The van der Waals surface area contributed by atoms with Crippen LogP contribution >= 0.6 is 0 Å². The molecule has 0 aliphatic carbocycles. The Morgan fingerprint density at radius 1 is 1.29 bits per heavy atom. The predicted octanol–water partition coefficient (Wildman–Crippen LogP) is 3.22. The number of hydrogen-bond acceptors (Lipinski definition) is 4. The summed E-state index contributed by atoms with van der Waals surface area (Å²) >= 11 is 0. The molecule has 4 heteroatoms. The molecule has 1 aromatic carbocycles. The van der Waals surface area contributed by atoms with Gasteiger partial charge in [0.15, 0.2) is 0 Å². The lowest BCUT2D eigenvalue weighted by atomic mass is 9.97. The molecule has 4 nitrogen and oxygen atoms in total. The van der Waals surface area contributed by atoms with E-state index in [-0.39, 0.29) is 13.0 Å². The Morgan fingerprint density at radius 2 is 1.90 bits per heavy atom. The molecule has 0 saturated heterocycles. The Hall–Kier alpha value is -2.10. The first-order chi connectivity index (χ1) is 9.86. The van der Waals surface area contributed by atoms with Gasteiger partial charge < -0.3 is 9.47 Å². The molecule has 0 amide bonds. The van der Waals surface area contributed by atoms with Crippen LogP contribution in [-0.2, 0) is 24.7 Å². The van der Waals surface area contributed by atoms with Gasteiger partial charge in [0.1, 0.15) is 12.2 Å². The fraction of sp³-hybridized carbons (Fsp3) is 0.412. The van der Waals surface area contributed by atoms with Gasteiger partial charge in [-0.25, -0.2) is 0 Å².